The minimum Gasteiger partial charge on any atom is -0.356 e. The minimum absolute atomic E-state index is 0. The molecule has 7 heteroatoms. The third-order valence-electron chi connectivity index (χ3n) is 4.86. The molecule has 1 aliphatic rings. The van der Waals surface area contributed by atoms with Crippen molar-refractivity contribution in [2.45, 2.75) is 64.5 Å². The summed E-state index contributed by atoms with van der Waals surface area (Å²) in [4.78, 5) is 16.6. The summed E-state index contributed by atoms with van der Waals surface area (Å²) in [5.74, 6) is 0.815. The van der Waals surface area contributed by atoms with E-state index in [-0.39, 0.29) is 53.7 Å². The molecule has 5 nitrogen and oxygen atoms in total. The van der Waals surface area contributed by atoms with Crippen molar-refractivity contribution >= 4 is 35.8 Å². The largest absolute Gasteiger partial charge is 0.356 e. The molecule has 0 heterocycles. The number of aryl methyl sites for hydroxylation is 1. The fourth-order valence-corrected chi connectivity index (χ4v) is 3.54. The van der Waals surface area contributed by atoms with Crippen LogP contribution in [0.1, 0.15) is 51.5 Å². The Hall–Kier alpha value is -1.38. The average molecular weight is 504 g/mol. The third-order valence-corrected chi connectivity index (χ3v) is 4.86. The van der Waals surface area contributed by atoms with Gasteiger partial charge in [-0.2, -0.15) is 0 Å². The summed E-state index contributed by atoms with van der Waals surface area (Å²) in [6.07, 6.45) is 5.61. The maximum Gasteiger partial charge on any atom is 0.223 e. The number of benzene rings is 1. The number of carbonyl (C=O) groups excluding carboxylic acids is 1. The standard InChI is InChI=1S/C21H33FN4O.HI/c1-15(2)25-20(27)17-9-5-11-19(14-17)26-21(23-3)24-12-6-8-16-7-4-10-18(22)13-16;/h4,7,10,13,15,17,19H,5-6,8-9,11-12,14H2,1-3H3,(H,25,27)(H2,23,24,26);1H. The number of guanidine groups is 1. The van der Waals surface area contributed by atoms with Crippen molar-refractivity contribution in [3.05, 3.63) is 35.6 Å². The lowest BCUT2D eigenvalue weighted by molar-refractivity contribution is -0.126. The molecule has 1 aliphatic carbocycles. The van der Waals surface area contributed by atoms with Gasteiger partial charge >= 0.3 is 0 Å². The number of hydrogen-bond donors (Lipinski definition) is 3. The van der Waals surface area contributed by atoms with Crippen molar-refractivity contribution in [2.75, 3.05) is 13.6 Å². The van der Waals surface area contributed by atoms with Gasteiger partial charge in [-0.05, 0) is 63.6 Å². The van der Waals surface area contributed by atoms with Crippen LogP contribution in [-0.4, -0.2) is 37.5 Å². The van der Waals surface area contributed by atoms with E-state index in [1.54, 1.807) is 19.2 Å². The van der Waals surface area contributed by atoms with E-state index in [0.717, 1.165) is 56.6 Å². The number of carbonyl (C=O) groups is 1. The number of nitrogens with one attached hydrogen (secondary N) is 3. The monoisotopic (exact) mass is 504 g/mol. The van der Waals surface area contributed by atoms with E-state index in [4.69, 9.17) is 0 Å². The van der Waals surface area contributed by atoms with Crippen molar-refractivity contribution in [1.29, 1.82) is 0 Å². The van der Waals surface area contributed by atoms with E-state index in [0.29, 0.717) is 0 Å². The highest BCUT2D eigenvalue weighted by molar-refractivity contribution is 14.0. The van der Waals surface area contributed by atoms with Crippen molar-refractivity contribution < 1.29 is 9.18 Å². The molecule has 0 saturated heterocycles. The zero-order chi connectivity index (χ0) is 19.6. The van der Waals surface area contributed by atoms with Gasteiger partial charge in [0.2, 0.25) is 5.91 Å². The Morgan fingerprint density at radius 2 is 2.11 bits per heavy atom. The second-order valence-corrected chi connectivity index (χ2v) is 7.60. The van der Waals surface area contributed by atoms with Crippen molar-refractivity contribution in [1.82, 2.24) is 16.0 Å². The number of halogens is 2. The van der Waals surface area contributed by atoms with Crippen LogP contribution in [0.4, 0.5) is 4.39 Å². The molecule has 1 saturated carbocycles. The SMILES string of the molecule is CN=C(NCCCc1cccc(F)c1)NC1CCCC(C(=O)NC(C)C)C1.I. The maximum absolute atomic E-state index is 13.2. The van der Waals surface area contributed by atoms with Crippen molar-refractivity contribution in [2.24, 2.45) is 10.9 Å². The Morgan fingerprint density at radius 1 is 1.32 bits per heavy atom. The molecule has 2 rings (SSSR count). The number of nitrogens with zero attached hydrogens (tertiary/aromatic N) is 1. The van der Waals surface area contributed by atoms with Crippen LogP contribution in [0.15, 0.2) is 29.3 Å². The zero-order valence-corrected chi connectivity index (χ0v) is 19.5. The van der Waals surface area contributed by atoms with Crippen molar-refractivity contribution in [3.8, 4) is 0 Å². The fourth-order valence-electron chi connectivity index (χ4n) is 3.54. The summed E-state index contributed by atoms with van der Waals surface area (Å²) in [7, 11) is 1.76. The fraction of sp³-hybridized carbons (Fsp3) is 0.619. The van der Waals surface area contributed by atoms with Gasteiger partial charge in [0.15, 0.2) is 5.96 Å². The molecule has 1 fully saturated rings. The smallest absolute Gasteiger partial charge is 0.223 e. The number of amides is 1. The first-order valence-corrected chi connectivity index (χ1v) is 10.00. The van der Waals surface area contributed by atoms with E-state index >= 15 is 0 Å². The maximum atomic E-state index is 13.2. The summed E-state index contributed by atoms with van der Waals surface area (Å²) in [6.45, 7) is 4.75. The van der Waals surface area contributed by atoms with Gasteiger partial charge in [0.05, 0.1) is 0 Å². The molecule has 0 spiro atoms. The van der Waals surface area contributed by atoms with Crippen LogP contribution in [0.25, 0.3) is 0 Å². The first kappa shape index (κ1) is 24.7. The van der Waals surface area contributed by atoms with E-state index in [1.165, 1.54) is 6.07 Å². The summed E-state index contributed by atoms with van der Waals surface area (Å²) in [6, 6.07) is 7.17. The summed E-state index contributed by atoms with van der Waals surface area (Å²) in [5, 5.41) is 9.80. The van der Waals surface area contributed by atoms with Crippen LogP contribution < -0.4 is 16.0 Å². The molecule has 0 bridgehead atoms. The Morgan fingerprint density at radius 3 is 2.79 bits per heavy atom. The Bertz CT molecular complexity index is 639. The van der Waals surface area contributed by atoms with Gasteiger partial charge in [-0.1, -0.05) is 18.6 Å². The van der Waals surface area contributed by atoms with Crippen LogP contribution in [0.5, 0.6) is 0 Å². The second-order valence-electron chi connectivity index (χ2n) is 7.60. The van der Waals surface area contributed by atoms with Crippen LogP contribution in [-0.2, 0) is 11.2 Å². The first-order valence-electron chi connectivity index (χ1n) is 10.00. The van der Waals surface area contributed by atoms with Crippen molar-refractivity contribution in [3.63, 3.8) is 0 Å². The number of rotatable bonds is 7. The van der Waals surface area contributed by atoms with Gasteiger partial charge in [-0.25, -0.2) is 4.39 Å². The first-order chi connectivity index (χ1) is 13.0. The van der Waals surface area contributed by atoms with Gasteiger partial charge in [0.1, 0.15) is 5.82 Å². The van der Waals surface area contributed by atoms with Crippen LogP contribution in [0.3, 0.4) is 0 Å². The highest BCUT2D eigenvalue weighted by atomic mass is 127. The molecule has 0 aromatic heterocycles. The highest BCUT2D eigenvalue weighted by Gasteiger charge is 2.27. The predicted molar refractivity (Wildman–Crippen MR) is 124 cm³/mol. The van der Waals surface area contributed by atoms with Gasteiger partial charge in [-0.15, -0.1) is 24.0 Å². The van der Waals surface area contributed by atoms with Crippen LogP contribution in [0.2, 0.25) is 0 Å². The molecule has 3 N–H and O–H groups in total. The molecule has 1 aromatic rings. The van der Waals surface area contributed by atoms with E-state index in [1.807, 2.05) is 19.9 Å². The molecule has 2 unspecified atom stereocenters. The molecule has 2 atom stereocenters. The molecule has 158 valence electrons. The topological polar surface area (TPSA) is 65.5 Å². The summed E-state index contributed by atoms with van der Waals surface area (Å²) < 4.78 is 13.2. The highest BCUT2D eigenvalue weighted by Crippen LogP contribution is 2.24. The van der Waals surface area contributed by atoms with Crippen LogP contribution >= 0.6 is 24.0 Å². The predicted octanol–water partition coefficient (Wildman–Crippen LogP) is 3.62. The van der Waals surface area contributed by atoms with E-state index in [9.17, 15) is 9.18 Å². The lowest BCUT2D eigenvalue weighted by atomic mass is 9.85. The number of aliphatic imine (C=N–C) groups is 1. The van der Waals surface area contributed by atoms with Crippen LogP contribution in [0, 0.1) is 11.7 Å². The molecule has 28 heavy (non-hydrogen) atoms. The Balaban J connectivity index is 0.00000392. The lowest BCUT2D eigenvalue weighted by Gasteiger charge is -2.30. The normalized spacial score (nSPS) is 19.7. The van der Waals surface area contributed by atoms with Gasteiger partial charge in [-0.3, -0.25) is 9.79 Å². The molecule has 0 aliphatic heterocycles. The summed E-state index contributed by atoms with van der Waals surface area (Å²) >= 11 is 0. The molecule has 1 aromatic carbocycles. The van der Waals surface area contributed by atoms with E-state index < -0.39 is 0 Å². The minimum atomic E-state index is -0.189. The van der Waals surface area contributed by atoms with Gasteiger partial charge < -0.3 is 16.0 Å². The lowest BCUT2D eigenvalue weighted by Crippen LogP contribution is -2.47. The molecule has 1 amide bonds. The molecule has 0 radical (unpaired) electrons. The quantitative estimate of drug-likeness (QED) is 0.230. The Kier molecular flexibility index (Phi) is 11.4. The summed E-state index contributed by atoms with van der Waals surface area (Å²) in [5.41, 5.74) is 1.01. The van der Waals surface area contributed by atoms with Gasteiger partial charge in [0.25, 0.3) is 0 Å². The molecular formula is C21H34FIN4O. The molecular weight excluding hydrogens is 470 g/mol. The van der Waals surface area contributed by atoms with Gasteiger partial charge in [0, 0.05) is 31.6 Å². The number of hydrogen-bond acceptors (Lipinski definition) is 2. The second kappa shape index (κ2) is 13.0. The van der Waals surface area contributed by atoms with E-state index in [2.05, 4.69) is 20.9 Å². The third kappa shape index (κ3) is 8.75. The average Bonchev–Trinajstić information content (AvgIpc) is 2.64. The Labute approximate surface area is 185 Å². The zero-order valence-electron chi connectivity index (χ0n) is 17.1.